The van der Waals surface area contributed by atoms with Crippen LogP contribution in [0.3, 0.4) is 0 Å². The zero-order chi connectivity index (χ0) is 6.43. The van der Waals surface area contributed by atoms with Gasteiger partial charge in [-0.15, -0.1) is 0 Å². The van der Waals surface area contributed by atoms with Crippen molar-refractivity contribution in [3.63, 3.8) is 0 Å². The Balaban J connectivity index is 2.44. The van der Waals surface area contributed by atoms with Crippen LogP contribution in [0.1, 0.15) is 19.3 Å². The van der Waals surface area contributed by atoms with Gasteiger partial charge in [-0.2, -0.15) is 0 Å². The van der Waals surface area contributed by atoms with E-state index in [0.29, 0.717) is 0 Å². The smallest absolute Gasteiger partial charge is 0.0124 e. The minimum absolute atomic E-state index is 0.977. The van der Waals surface area contributed by atoms with Gasteiger partial charge in [0.15, 0.2) is 0 Å². The molecule has 0 aromatic rings. The van der Waals surface area contributed by atoms with Gasteiger partial charge in [0.1, 0.15) is 0 Å². The first-order valence-corrected chi connectivity index (χ1v) is 3.24. The van der Waals surface area contributed by atoms with Crippen molar-refractivity contribution in [2.45, 2.75) is 19.3 Å². The van der Waals surface area contributed by atoms with Gasteiger partial charge < -0.3 is 11.5 Å². The quantitative estimate of drug-likeness (QED) is 0.494. The van der Waals surface area contributed by atoms with Crippen molar-refractivity contribution in [2.24, 2.45) is 11.5 Å². The lowest BCUT2D eigenvalue weighted by molar-refractivity contribution is 0.880. The molecule has 0 aromatic carbocycles. The van der Waals surface area contributed by atoms with E-state index in [0.717, 1.165) is 30.7 Å². The molecule has 0 amide bonds. The van der Waals surface area contributed by atoms with Gasteiger partial charge in [0, 0.05) is 17.8 Å². The summed E-state index contributed by atoms with van der Waals surface area (Å²) in [6, 6.07) is 0. The lowest BCUT2D eigenvalue weighted by Gasteiger charge is -2.04. The fraction of sp³-hybridized carbons (Fsp3) is 0.429. The largest absolute Gasteiger partial charge is 0.402 e. The second kappa shape index (κ2) is 1.32. The van der Waals surface area contributed by atoms with E-state index in [1.54, 1.807) is 0 Å². The average molecular weight is 122 g/mol. The minimum atomic E-state index is 0.977. The summed E-state index contributed by atoms with van der Waals surface area (Å²) in [5.74, 6) is 0. The molecule has 1 saturated carbocycles. The van der Waals surface area contributed by atoms with E-state index in [1.165, 1.54) is 11.1 Å². The Morgan fingerprint density at radius 1 is 0.889 bits per heavy atom. The second-order valence-corrected chi connectivity index (χ2v) is 2.68. The standard InChI is InChI=1S/C7H10N2/c8-6-1-2-7(9)5-3-4(5)6/h1-3,8-9H2. The molecule has 0 heterocycles. The maximum atomic E-state index is 5.67. The van der Waals surface area contributed by atoms with Crippen molar-refractivity contribution < 1.29 is 0 Å². The van der Waals surface area contributed by atoms with Crippen LogP contribution in [0.2, 0.25) is 0 Å². The molecule has 48 valence electrons. The highest BCUT2D eigenvalue weighted by atomic mass is 14.7. The summed E-state index contributed by atoms with van der Waals surface area (Å²) in [4.78, 5) is 0. The monoisotopic (exact) mass is 122 g/mol. The van der Waals surface area contributed by atoms with Gasteiger partial charge in [0.2, 0.25) is 0 Å². The molecule has 0 aromatic heterocycles. The van der Waals surface area contributed by atoms with Crippen LogP contribution in [0.25, 0.3) is 0 Å². The van der Waals surface area contributed by atoms with Crippen LogP contribution in [0, 0.1) is 0 Å². The SMILES string of the molecule is NC1=C2CC2=C(N)CC1. The van der Waals surface area contributed by atoms with Crippen molar-refractivity contribution in [3.05, 3.63) is 22.5 Å². The molecule has 0 aliphatic heterocycles. The lowest BCUT2D eigenvalue weighted by Crippen LogP contribution is -2.05. The van der Waals surface area contributed by atoms with E-state index >= 15 is 0 Å². The Bertz CT molecular complexity index is 199. The average Bonchev–Trinajstić information content (AvgIpc) is 2.57. The van der Waals surface area contributed by atoms with E-state index in [4.69, 9.17) is 11.5 Å². The number of allylic oxidation sites excluding steroid dienone is 4. The summed E-state index contributed by atoms with van der Waals surface area (Å²) < 4.78 is 0. The third-order valence-corrected chi connectivity index (χ3v) is 2.03. The summed E-state index contributed by atoms with van der Waals surface area (Å²) >= 11 is 0. The summed E-state index contributed by atoms with van der Waals surface area (Å²) in [7, 11) is 0. The molecule has 2 heteroatoms. The second-order valence-electron chi connectivity index (χ2n) is 2.68. The lowest BCUT2D eigenvalue weighted by atomic mass is 10.1. The van der Waals surface area contributed by atoms with Crippen LogP contribution < -0.4 is 11.5 Å². The number of hydrogen-bond donors (Lipinski definition) is 2. The highest BCUT2D eigenvalue weighted by Gasteiger charge is 2.30. The third-order valence-electron chi connectivity index (χ3n) is 2.03. The van der Waals surface area contributed by atoms with Crippen LogP contribution in [0.5, 0.6) is 0 Å². The minimum Gasteiger partial charge on any atom is -0.402 e. The first-order valence-electron chi connectivity index (χ1n) is 3.24. The fourth-order valence-electron chi connectivity index (χ4n) is 1.32. The zero-order valence-corrected chi connectivity index (χ0v) is 5.28. The Hall–Kier alpha value is -0.920. The predicted octanol–water partition coefficient (Wildman–Crippen LogP) is 0.610. The topological polar surface area (TPSA) is 52.0 Å². The molecule has 0 radical (unpaired) electrons. The predicted molar refractivity (Wildman–Crippen MR) is 36.3 cm³/mol. The van der Waals surface area contributed by atoms with Crippen molar-refractivity contribution in [1.82, 2.24) is 0 Å². The maximum Gasteiger partial charge on any atom is 0.0124 e. The fourth-order valence-corrected chi connectivity index (χ4v) is 1.32. The van der Waals surface area contributed by atoms with Gasteiger partial charge in [-0.1, -0.05) is 0 Å². The Morgan fingerprint density at radius 2 is 1.33 bits per heavy atom. The highest BCUT2D eigenvalue weighted by molar-refractivity contribution is 5.57. The molecule has 0 atom stereocenters. The molecule has 1 fully saturated rings. The summed E-state index contributed by atoms with van der Waals surface area (Å²) in [6.07, 6.45) is 3.02. The van der Waals surface area contributed by atoms with E-state index < -0.39 is 0 Å². The first-order chi connectivity index (χ1) is 4.29. The number of rotatable bonds is 0. The van der Waals surface area contributed by atoms with E-state index in [9.17, 15) is 0 Å². The van der Waals surface area contributed by atoms with Crippen LogP contribution >= 0.6 is 0 Å². The normalized spacial score (nSPS) is 24.4. The van der Waals surface area contributed by atoms with Gasteiger partial charge in [-0.05, 0) is 24.0 Å². The van der Waals surface area contributed by atoms with Crippen molar-refractivity contribution in [1.29, 1.82) is 0 Å². The molecule has 4 N–H and O–H groups in total. The van der Waals surface area contributed by atoms with E-state index in [-0.39, 0.29) is 0 Å². The van der Waals surface area contributed by atoms with Crippen LogP contribution in [0.4, 0.5) is 0 Å². The maximum absolute atomic E-state index is 5.67. The van der Waals surface area contributed by atoms with Crippen LogP contribution in [0.15, 0.2) is 22.5 Å². The Kier molecular flexibility index (Phi) is 0.721. The molecule has 2 nitrogen and oxygen atoms in total. The van der Waals surface area contributed by atoms with Gasteiger partial charge in [-0.25, -0.2) is 0 Å². The molecular weight excluding hydrogens is 112 g/mol. The van der Waals surface area contributed by atoms with E-state index in [2.05, 4.69) is 0 Å². The number of nitrogens with two attached hydrogens (primary N) is 2. The van der Waals surface area contributed by atoms with Gasteiger partial charge >= 0.3 is 0 Å². The van der Waals surface area contributed by atoms with Crippen molar-refractivity contribution >= 4 is 0 Å². The van der Waals surface area contributed by atoms with Gasteiger partial charge in [0.05, 0.1) is 0 Å². The molecule has 2 rings (SSSR count). The van der Waals surface area contributed by atoms with Gasteiger partial charge in [-0.3, -0.25) is 0 Å². The molecule has 0 unspecified atom stereocenters. The molecule has 9 heavy (non-hydrogen) atoms. The Morgan fingerprint density at radius 3 is 1.78 bits per heavy atom. The molecule has 2 aliphatic rings. The van der Waals surface area contributed by atoms with Gasteiger partial charge in [0.25, 0.3) is 0 Å². The molecular formula is C7H10N2. The third kappa shape index (κ3) is 0.559. The number of hydrogen-bond acceptors (Lipinski definition) is 2. The summed E-state index contributed by atoms with van der Waals surface area (Å²) in [5.41, 5.74) is 16.1. The molecule has 0 saturated heterocycles. The first kappa shape index (κ1) is 4.91. The van der Waals surface area contributed by atoms with Crippen LogP contribution in [-0.2, 0) is 0 Å². The van der Waals surface area contributed by atoms with Crippen molar-refractivity contribution in [3.8, 4) is 0 Å². The molecule has 2 aliphatic carbocycles. The van der Waals surface area contributed by atoms with Crippen molar-refractivity contribution in [2.75, 3.05) is 0 Å². The summed E-state index contributed by atoms with van der Waals surface area (Å²) in [6.45, 7) is 0. The zero-order valence-electron chi connectivity index (χ0n) is 5.28. The van der Waals surface area contributed by atoms with Crippen LogP contribution in [-0.4, -0.2) is 0 Å². The molecule has 0 bridgehead atoms. The highest BCUT2D eigenvalue weighted by Crippen LogP contribution is 2.44. The summed E-state index contributed by atoms with van der Waals surface area (Å²) in [5, 5.41) is 0. The van der Waals surface area contributed by atoms with E-state index in [1.807, 2.05) is 0 Å². The molecule has 0 spiro atoms. The Labute approximate surface area is 54.2 Å². The number of fused-ring (bicyclic) bond motifs is 1.